The Labute approximate surface area is 103 Å². The lowest BCUT2D eigenvalue weighted by Gasteiger charge is -2.03. The van der Waals surface area contributed by atoms with Crippen LogP contribution in [0.25, 0.3) is 0 Å². The zero-order valence-electron chi connectivity index (χ0n) is 7.42. The number of esters is 1. The van der Waals surface area contributed by atoms with Crippen LogP contribution in [0.1, 0.15) is 11.8 Å². The first kappa shape index (κ1) is 11.9. The molecule has 0 amide bonds. The second-order valence-electron chi connectivity index (χ2n) is 2.54. The number of rotatable bonds is 3. The van der Waals surface area contributed by atoms with Crippen molar-refractivity contribution in [3.63, 3.8) is 0 Å². The Kier molecular flexibility index (Phi) is 4.84. The molecule has 1 aromatic heterocycles. The van der Waals surface area contributed by atoms with E-state index in [-0.39, 0.29) is 5.97 Å². The van der Waals surface area contributed by atoms with E-state index in [1.807, 2.05) is 17.5 Å². The summed E-state index contributed by atoms with van der Waals surface area (Å²) in [5, 5.41) is 1.95. The molecular weight excluding hydrogens is 332 g/mol. The van der Waals surface area contributed by atoms with Crippen molar-refractivity contribution in [2.75, 3.05) is 0 Å². The molecular formula is C9H8Br2O2S. The predicted molar refractivity (Wildman–Crippen MR) is 64.7 cm³/mol. The third-order valence-corrected chi connectivity index (χ3v) is 3.55. The minimum atomic E-state index is -0.317. The molecule has 1 rings (SSSR count). The van der Waals surface area contributed by atoms with Crippen LogP contribution in [0, 0.1) is 0 Å². The van der Waals surface area contributed by atoms with E-state index in [0.29, 0.717) is 15.6 Å². The predicted octanol–water partition coefficient (Wildman–Crippen LogP) is 3.81. The number of carbonyl (C=O) groups excluding carboxylic acids is 1. The largest absolute Gasteiger partial charge is 0.457 e. The molecule has 5 heteroatoms. The summed E-state index contributed by atoms with van der Waals surface area (Å²) < 4.78 is 5.69. The van der Waals surface area contributed by atoms with Crippen LogP contribution in [0.3, 0.4) is 0 Å². The van der Waals surface area contributed by atoms with E-state index in [9.17, 15) is 4.79 Å². The van der Waals surface area contributed by atoms with Crippen LogP contribution in [0.4, 0.5) is 0 Å². The SMILES string of the molecule is CC(C(=O)OCc1cccs1)=C(Br)Br. The smallest absolute Gasteiger partial charge is 0.335 e. The van der Waals surface area contributed by atoms with Crippen molar-refractivity contribution in [2.45, 2.75) is 13.5 Å². The monoisotopic (exact) mass is 338 g/mol. The summed E-state index contributed by atoms with van der Waals surface area (Å²) in [7, 11) is 0. The van der Waals surface area contributed by atoms with Gasteiger partial charge in [0.05, 0.1) is 8.96 Å². The fraction of sp³-hybridized carbons (Fsp3) is 0.222. The molecule has 76 valence electrons. The van der Waals surface area contributed by atoms with Gasteiger partial charge < -0.3 is 4.74 Å². The quantitative estimate of drug-likeness (QED) is 0.618. The summed E-state index contributed by atoms with van der Waals surface area (Å²) >= 11 is 7.88. The molecule has 0 aliphatic rings. The Hall–Kier alpha value is -0.130. The molecule has 0 aromatic carbocycles. The summed E-state index contributed by atoms with van der Waals surface area (Å²) in [4.78, 5) is 12.4. The lowest BCUT2D eigenvalue weighted by molar-refractivity contribution is -0.140. The van der Waals surface area contributed by atoms with E-state index in [1.54, 1.807) is 18.3 Å². The van der Waals surface area contributed by atoms with Gasteiger partial charge in [-0.05, 0) is 50.2 Å². The maximum Gasteiger partial charge on any atom is 0.335 e. The van der Waals surface area contributed by atoms with Crippen molar-refractivity contribution in [1.82, 2.24) is 0 Å². The molecule has 0 saturated heterocycles. The summed E-state index contributed by atoms with van der Waals surface area (Å²) in [5.74, 6) is -0.317. The van der Waals surface area contributed by atoms with Gasteiger partial charge in [-0.25, -0.2) is 4.79 Å². The molecule has 0 fully saturated rings. The fourth-order valence-electron chi connectivity index (χ4n) is 0.717. The number of thiophene rings is 1. The van der Waals surface area contributed by atoms with Crippen LogP contribution < -0.4 is 0 Å². The van der Waals surface area contributed by atoms with Gasteiger partial charge in [0.25, 0.3) is 0 Å². The second-order valence-corrected chi connectivity index (χ2v) is 6.22. The first-order chi connectivity index (χ1) is 6.61. The van der Waals surface area contributed by atoms with Gasteiger partial charge in [-0.15, -0.1) is 11.3 Å². The van der Waals surface area contributed by atoms with Crippen LogP contribution in [-0.2, 0) is 16.1 Å². The second kappa shape index (κ2) is 5.68. The topological polar surface area (TPSA) is 26.3 Å². The number of hydrogen-bond acceptors (Lipinski definition) is 3. The zero-order chi connectivity index (χ0) is 10.6. The maximum atomic E-state index is 11.3. The van der Waals surface area contributed by atoms with Gasteiger partial charge in [-0.3, -0.25) is 0 Å². The Morgan fingerprint density at radius 3 is 2.79 bits per heavy atom. The van der Waals surface area contributed by atoms with E-state index in [2.05, 4.69) is 31.9 Å². The van der Waals surface area contributed by atoms with Crippen LogP contribution in [0.15, 0.2) is 26.5 Å². The van der Waals surface area contributed by atoms with Crippen molar-refractivity contribution < 1.29 is 9.53 Å². The molecule has 14 heavy (non-hydrogen) atoms. The molecule has 0 spiro atoms. The first-order valence-corrected chi connectivity index (χ1v) is 6.29. The van der Waals surface area contributed by atoms with Gasteiger partial charge in [0.2, 0.25) is 0 Å². The molecule has 0 unspecified atom stereocenters. The van der Waals surface area contributed by atoms with Crippen LogP contribution in [0.2, 0.25) is 0 Å². The Bertz CT molecular complexity index is 340. The molecule has 1 aromatic rings. The zero-order valence-corrected chi connectivity index (χ0v) is 11.4. The number of carbonyl (C=O) groups is 1. The average molecular weight is 340 g/mol. The normalized spacial score (nSPS) is 9.64. The lowest BCUT2D eigenvalue weighted by Crippen LogP contribution is -2.05. The fourth-order valence-corrected chi connectivity index (χ4v) is 1.66. The third-order valence-electron chi connectivity index (χ3n) is 1.52. The minimum absolute atomic E-state index is 0.317. The highest BCUT2D eigenvalue weighted by molar-refractivity contribution is 9.28. The highest BCUT2D eigenvalue weighted by Crippen LogP contribution is 2.20. The van der Waals surface area contributed by atoms with Gasteiger partial charge in [0.1, 0.15) is 6.61 Å². The molecule has 0 saturated carbocycles. The minimum Gasteiger partial charge on any atom is -0.457 e. The molecule has 0 radical (unpaired) electrons. The van der Waals surface area contributed by atoms with Gasteiger partial charge >= 0.3 is 5.97 Å². The van der Waals surface area contributed by atoms with Crippen molar-refractivity contribution >= 4 is 49.2 Å². The van der Waals surface area contributed by atoms with Crippen molar-refractivity contribution in [2.24, 2.45) is 0 Å². The number of ether oxygens (including phenoxy) is 1. The highest BCUT2D eigenvalue weighted by atomic mass is 79.9. The van der Waals surface area contributed by atoms with Crippen molar-refractivity contribution in [1.29, 1.82) is 0 Å². The standard InChI is InChI=1S/C9H8Br2O2S/c1-6(8(10)11)9(12)13-5-7-3-2-4-14-7/h2-4H,5H2,1H3. The molecule has 0 atom stereocenters. The van der Waals surface area contributed by atoms with E-state index >= 15 is 0 Å². The van der Waals surface area contributed by atoms with Crippen LogP contribution in [-0.4, -0.2) is 5.97 Å². The van der Waals surface area contributed by atoms with Gasteiger partial charge in [0.15, 0.2) is 0 Å². The van der Waals surface area contributed by atoms with E-state index < -0.39 is 0 Å². The van der Waals surface area contributed by atoms with Crippen LogP contribution >= 0.6 is 43.2 Å². The molecule has 0 aliphatic carbocycles. The van der Waals surface area contributed by atoms with Gasteiger partial charge in [0, 0.05) is 4.88 Å². The van der Waals surface area contributed by atoms with E-state index in [4.69, 9.17) is 4.74 Å². The summed E-state index contributed by atoms with van der Waals surface area (Å²) in [6.07, 6.45) is 0. The number of halogens is 2. The third kappa shape index (κ3) is 3.55. The molecule has 0 N–H and O–H groups in total. The van der Waals surface area contributed by atoms with Crippen molar-refractivity contribution in [3.8, 4) is 0 Å². The summed E-state index contributed by atoms with van der Waals surface area (Å²) in [6, 6.07) is 3.86. The molecule has 0 aliphatic heterocycles. The highest BCUT2D eigenvalue weighted by Gasteiger charge is 2.09. The summed E-state index contributed by atoms with van der Waals surface area (Å²) in [6.45, 7) is 2.02. The van der Waals surface area contributed by atoms with Crippen molar-refractivity contribution in [3.05, 3.63) is 31.4 Å². The van der Waals surface area contributed by atoms with Gasteiger partial charge in [-0.1, -0.05) is 6.07 Å². The first-order valence-electron chi connectivity index (χ1n) is 3.82. The van der Waals surface area contributed by atoms with Crippen LogP contribution in [0.5, 0.6) is 0 Å². The van der Waals surface area contributed by atoms with E-state index in [1.165, 1.54) is 0 Å². The van der Waals surface area contributed by atoms with Gasteiger partial charge in [-0.2, -0.15) is 0 Å². The Balaban J connectivity index is 2.47. The maximum absolute atomic E-state index is 11.3. The Morgan fingerprint density at radius 1 is 1.57 bits per heavy atom. The average Bonchev–Trinajstić information content (AvgIpc) is 2.65. The molecule has 1 heterocycles. The summed E-state index contributed by atoms with van der Waals surface area (Å²) in [5.41, 5.74) is 0.529. The molecule has 2 nitrogen and oxygen atoms in total. The van der Waals surface area contributed by atoms with E-state index in [0.717, 1.165) is 4.88 Å². The molecule has 0 bridgehead atoms. The number of hydrogen-bond donors (Lipinski definition) is 0. The Morgan fingerprint density at radius 2 is 2.29 bits per heavy atom. The lowest BCUT2D eigenvalue weighted by atomic mass is 10.4.